The van der Waals surface area contributed by atoms with Gasteiger partial charge in [0.25, 0.3) is 0 Å². The van der Waals surface area contributed by atoms with E-state index in [0.717, 1.165) is 0 Å². The lowest BCUT2D eigenvalue weighted by Crippen LogP contribution is -2.43. The van der Waals surface area contributed by atoms with E-state index in [1.165, 1.54) is 18.5 Å². The summed E-state index contributed by atoms with van der Waals surface area (Å²) in [5.41, 5.74) is 0. The molecule has 1 aromatic rings. The van der Waals surface area contributed by atoms with Gasteiger partial charge >= 0.3 is 0 Å². The van der Waals surface area contributed by atoms with E-state index in [-0.39, 0.29) is 22.5 Å². The van der Waals surface area contributed by atoms with E-state index in [1.54, 1.807) is 0 Å². The second-order valence-corrected chi connectivity index (χ2v) is 9.54. The van der Waals surface area contributed by atoms with Crippen LogP contribution in [0.4, 0.5) is 0 Å². The Balaban J connectivity index is 2.16. The molecule has 0 radical (unpaired) electrons. The zero-order chi connectivity index (χ0) is 16.4. The molecule has 124 valence electrons. The van der Waals surface area contributed by atoms with E-state index in [4.69, 9.17) is 4.74 Å². The van der Waals surface area contributed by atoms with Crippen LogP contribution in [0.1, 0.15) is 26.7 Å². The summed E-state index contributed by atoms with van der Waals surface area (Å²) in [7, 11) is -7.00. The Morgan fingerprint density at radius 3 is 2.73 bits per heavy atom. The zero-order valence-electron chi connectivity index (χ0n) is 12.5. The van der Waals surface area contributed by atoms with Crippen molar-refractivity contribution >= 4 is 19.9 Å². The van der Waals surface area contributed by atoms with E-state index in [9.17, 15) is 16.8 Å². The van der Waals surface area contributed by atoms with Gasteiger partial charge in [-0.05, 0) is 26.7 Å². The molecule has 0 saturated carbocycles. The third-order valence-corrected chi connectivity index (χ3v) is 6.46. The molecule has 1 N–H and O–H groups in total. The number of rotatable bonds is 5. The van der Waals surface area contributed by atoms with Gasteiger partial charge in [0.1, 0.15) is 10.6 Å². The Labute approximate surface area is 131 Å². The van der Waals surface area contributed by atoms with Crippen molar-refractivity contribution in [3.05, 3.63) is 18.5 Å². The lowest BCUT2D eigenvalue weighted by Gasteiger charge is -2.22. The van der Waals surface area contributed by atoms with Crippen LogP contribution in [-0.2, 0) is 19.9 Å². The Kier molecular flexibility index (Phi) is 5.08. The first-order chi connectivity index (χ1) is 10.2. The molecule has 1 atom stereocenters. The first-order valence-corrected chi connectivity index (χ1v) is 10.3. The molecule has 9 heteroatoms. The highest BCUT2D eigenvalue weighted by Crippen LogP contribution is 2.19. The first kappa shape index (κ1) is 17.2. The number of sulfone groups is 1. The van der Waals surface area contributed by atoms with Gasteiger partial charge < -0.3 is 4.74 Å². The number of sulfonamides is 1. The highest BCUT2D eigenvalue weighted by molar-refractivity contribution is 7.91. The lowest BCUT2D eigenvalue weighted by atomic mass is 10.2. The van der Waals surface area contributed by atoms with E-state index in [1.807, 2.05) is 13.8 Å². The Bertz CT molecular complexity index is 729. The van der Waals surface area contributed by atoms with Crippen LogP contribution in [0.2, 0.25) is 0 Å². The smallest absolute Gasteiger partial charge is 0.242 e. The van der Waals surface area contributed by atoms with Crippen molar-refractivity contribution in [3.63, 3.8) is 0 Å². The van der Waals surface area contributed by atoms with E-state index in [2.05, 4.69) is 9.71 Å². The zero-order valence-corrected chi connectivity index (χ0v) is 14.2. The maximum atomic E-state index is 12.3. The van der Waals surface area contributed by atoms with E-state index < -0.39 is 25.9 Å². The van der Waals surface area contributed by atoms with Gasteiger partial charge in [-0.3, -0.25) is 4.98 Å². The van der Waals surface area contributed by atoms with Crippen LogP contribution in [-0.4, -0.2) is 45.5 Å². The van der Waals surface area contributed by atoms with Crippen LogP contribution in [0.5, 0.6) is 5.75 Å². The van der Waals surface area contributed by atoms with Gasteiger partial charge in [0.2, 0.25) is 10.0 Å². The van der Waals surface area contributed by atoms with Crippen LogP contribution < -0.4 is 9.46 Å². The van der Waals surface area contributed by atoms with Gasteiger partial charge in [-0.1, -0.05) is 0 Å². The average Bonchev–Trinajstić information content (AvgIpc) is 2.36. The number of nitrogens with one attached hydrogen (secondary N) is 1. The molecule has 1 aromatic heterocycles. The number of pyridine rings is 1. The summed E-state index contributed by atoms with van der Waals surface area (Å²) in [5.74, 6) is 0.306. The minimum absolute atomic E-state index is 0.0337. The molecule has 1 aliphatic heterocycles. The fraction of sp³-hybridized carbons (Fsp3) is 0.615. The summed E-state index contributed by atoms with van der Waals surface area (Å²) >= 11 is 0. The molecule has 0 aliphatic carbocycles. The molecule has 22 heavy (non-hydrogen) atoms. The van der Waals surface area contributed by atoms with Crippen molar-refractivity contribution < 1.29 is 21.6 Å². The molecule has 0 amide bonds. The van der Waals surface area contributed by atoms with Gasteiger partial charge in [0, 0.05) is 18.3 Å². The predicted molar refractivity (Wildman–Crippen MR) is 82.0 cm³/mol. The summed E-state index contributed by atoms with van der Waals surface area (Å²) in [4.78, 5) is 3.83. The maximum absolute atomic E-state index is 12.3. The van der Waals surface area contributed by atoms with Crippen LogP contribution in [0.25, 0.3) is 0 Å². The number of ether oxygens (including phenoxy) is 1. The molecule has 7 nitrogen and oxygen atoms in total. The predicted octanol–water partition coefficient (Wildman–Crippen LogP) is 0.724. The number of aromatic nitrogens is 1. The maximum Gasteiger partial charge on any atom is 0.242 e. The minimum atomic E-state index is -3.83. The molecule has 0 aromatic carbocycles. The highest BCUT2D eigenvalue weighted by atomic mass is 32.2. The monoisotopic (exact) mass is 348 g/mol. The van der Waals surface area contributed by atoms with Crippen molar-refractivity contribution in [3.8, 4) is 5.75 Å². The third-order valence-electron chi connectivity index (χ3n) is 3.16. The van der Waals surface area contributed by atoms with Gasteiger partial charge in [-0.15, -0.1) is 0 Å². The van der Waals surface area contributed by atoms with Crippen LogP contribution >= 0.6 is 0 Å². The highest BCUT2D eigenvalue weighted by Gasteiger charge is 2.29. The van der Waals surface area contributed by atoms with Crippen LogP contribution in [0, 0.1) is 0 Å². The fourth-order valence-electron chi connectivity index (χ4n) is 2.29. The SMILES string of the molecule is CC(C)Oc1cncc(S(=O)(=O)NC2CCCS(=O)(=O)C2)c1. The average molecular weight is 348 g/mol. The molecule has 0 bridgehead atoms. The van der Waals surface area contributed by atoms with Crippen molar-refractivity contribution in [2.24, 2.45) is 0 Å². The van der Waals surface area contributed by atoms with Crippen molar-refractivity contribution in [2.45, 2.75) is 43.7 Å². The Hall–Kier alpha value is -1.19. The number of hydrogen-bond acceptors (Lipinski definition) is 6. The Morgan fingerprint density at radius 2 is 2.09 bits per heavy atom. The summed E-state index contributed by atoms with van der Waals surface area (Å²) in [6.07, 6.45) is 3.52. The largest absolute Gasteiger partial charge is 0.489 e. The second-order valence-electron chi connectivity index (χ2n) is 5.60. The fourth-order valence-corrected chi connectivity index (χ4v) is 5.27. The summed E-state index contributed by atoms with van der Waals surface area (Å²) in [6, 6.07) is 0.783. The molecule has 1 unspecified atom stereocenters. The van der Waals surface area contributed by atoms with Crippen molar-refractivity contribution in [1.29, 1.82) is 0 Å². The number of nitrogens with zero attached hydrogens (tertiary/aromatic N) is 1. The summed E-state index contributed by atoms with van der Waals surface area (Å²) in [5, 5.41) is 0. The molecule has 2 rings (SSSR count). The molecule has 1 fully saturated rings. The molecule has 1 saturated heterocycles. The van der Waals surface area contributed by atoms with Gasteiger partial charge in [-0.25, -0.2) is 21.6 Å². The summed E-state index contributed by atoms with van der Waals surface area (Å²) < 4.78 is 55.7. The van der Waals surface area contributed by atoms with Gasteiger partial charge in [0.15, 0.2) is 9.84 Å². The first-order valence-electron chi connectivity index (χ1n) is 7.02. The van der Waals surface area contributed by atoms with Crippen molar-refractivity contribution in [2.75, 3.05) is 11.5 Å². The second kappa shape index (κ2) is 6.51. The molecule has 1 aliphatic rings. The standard InChI is InChI=1S/C13H20N2O5S2/c1-10(2)20-12-6-13(8-14-7-12)22(18,19)15-11-4-3-5-21(16,17)9-11/h6-8,10-11,15H,3-5,9H2,1-2H3. The Morgan fingerprint density at radius 1 is 1.36 bits per heavy atom. The van der Waals surface area contributed by atoms with Crippen molar-refractivity contribution in [1.82, 2.24) is 9.71 Å². The van der Waals surface area contributed by atoms with E-state index >= 15 is 0 Å². The number of hydrogen-bond donors (Lipinski definition) is 1. The van der Waals surface area contributed by atoms with E-state index in [0.29, 0.717) is 18.6 Å². The molecule has 2 heterocycles. The summed E-state index contributed by atoms with van der Waals surface area (Å²) in [6.45, 7) is 3.65. The van der Waals surface area contributed by atoms with Gasteiger partial charge in [-0.2, -0.15) is 0 Å². The topological polar surface area (TPSA) is 102 Å². The normalized spacial score (nSPS) is 21.7. The van der Waals surface area contributed by atoms with Crippen LogP contribution in [0.3, 0.4) is 0 Å². The minimum Gasteiger partial charge on any atom is -0.489 e. The van der Waals surface area contributed by atoms with Gasteiger partial charge in [0.05, 0.1) is 23.8 Å². The molecular weight excluding hydrogens is 328 g/mol. The van der Waals surface area contributed by atoms with Crippen LogP contribution in [0.15, 0.2) is 23.4 Å². The quantitative estimate of drug-likeness (QED) is 0.841. The molecular formula is C13H20N2O5S2. The molecule has 0 spiro atoms. The lowest BCUT2D eigenvalue weighted by molar-refractivity contribution is 0.241. The third kappa shape index (κ3) is 4.65.